The number of aliphatic hydroxyl groups excluding tert-OH is 1. The van der Waals surface area contributed by atoms with Gasteiger partial charge in [-0.05, 0) is 26.0 Å². The fraction of sp³-hybridized carbons (Fsp3) is 0.522. The second-order valence-corrected chi connectivity index (χ2v) is 11.1. The zero-order chi connectivity index (χ0) is 27.4. The van der Waals surface area contributed by atoms with Crippen molar-refractivity contribution < 1.29 is 37.4 Å². The first-order valence-corrected chi connectivity index (χ1v) is 13.3. The van der Waals surface area contributed by atoms with E-state index in [1.807, 2.05) is 4.98 Å². The van der Waals surface area contributed by atoms with E-state index in [0.717, 1.165) is 16.8 Å². The zero-order valence-corrected chi connectivity index (χ0v) is 21.5. The van der Waals surface area contributed by atoms with Crippen molar-refractivity contribution in [2.75, 3.05) is 19.4 Å². The van der Waals surface area contributed by atoms with Gasteiger partial charge in [0, 0.05) is 12.3 Å². The van der Waals surface area contributed by atoms with E-state index in [1.54, 1.807) is 44.2 Å². The van der Waals surface area contributed by atoms with Crippen molar-refractivity contribution in [1.29, 1.82) is 0 Å². The summed E-state index contributed by atoms with van der Waals surface area (Å²) < 4.78 is 50.7. The third kappa shape index (κ3) is 6.74. The molecular weight excluding hydrogens is 512 g/mol. The maximum Gasteiger partial charge on any atom is 0.380 e. The van der Waals surface area contributed by atoms with Crippen molar-refractivity contribution >= 4 is 13.6 Å². The molecular formula is C23H31FN3O9P. The third-order valence-corrected chi connectivity index (χ3v) is 7.70. The highest BCUT2D eigenvalue weighted by atomic mass is 31.2. The van der Waals surface area contributed by atoms with Crippen LogP contribution in [0.4, 0.5) is 4.39 Å². The Kier molecular flexibility index (Phi) is 9.09. The number of H-pyrrole nitrogens is 1. The van der Waals surface area contributed by atoms with Gasteiger partial charge in [-0.15, -0.1) is 0 Å². The van der Waals surface area contributed by atoms with E-state index in [4.69, 9.17) is 24.3 Å². The molecule has 1 saturated heterocycles. The first-order chi connectivity index (χ1) is 17.4. The molecule has 37 heavy (non-hydrogen) atoms. The molecule has 4 N–H and O–H groups in total. The molecule has 14 heteroatoms. The second-order valence-electron chi connectivity index (χ2n) is 9.12. The first-order valence-electron chi connectivity index (χ1n) is 11.6. The minimum atomic E-state index is -4.07. The molecule has 0 aliphatic carbocycles. The summed E-state index contributed by atoms with van der Waals surface area (Å²) in [4.78, 5) is 38.0. The Morgan fingerprint density at radius 3 is 2.54 bits per heavy atom. The summed E-state index contributed by atoms with van der Waals surface area (Å²) in [5, 5.41) is 10.8. The summed E-state index contributed by atoms with van der Waals surface area (Å²) in [5.41, 5.74) is 2.38. The monoisotopic (exact) mass is 543 g/mol. The second kappa shape index (κ2) is 11.7. The lowest BCUT2D eigenvalue weighted by atomic mass is 9.92. The van der Waals surface area contributed by atoms with Crippen LogP contribution in [0.1, 0.15) is 27.0 Å². The Morgan fingerprint density at radius 2 is 1.95 bits per heavy atom. The lowest BCUT2D eigenvalue weighted by Gasteiger charge is -2.30. The van der Waals surface area contributed by atoms with Gasteiger partial charge in [-0.3, -0.25) is 23.7 Å². The van der Waals surface area contributed by atoms with Gasteiger partial charge in [0.25, 0.3) is 5.56 Å². The maximum absolute atomic E-state index is 14.1. The van der Waals surface area contributed by atoms with Gasteiger partial charge in [-0.2, -0.15) is 0 Å². The summed E-state index contributed by atoms with van der Waals surface area (Å²) >= 11 is 0. The number of aromatic amines is 1. The molecule has 3 rings (SSSR count). The number of halogens is 1. The standard InChI is InChI=1S/C23H31FN3O9P/c1-14(2)34-20(30)15(3)12-37(32,36-16-7-5-4-6-8-16)33-11-17-19(29)23(25,13-24)21(35-17)27-10-9-18(28)26-22(27)31/h4-10,14-15,17,19,21,29H,11-13,25H2,1-3H3,(H,26,28,31)/t15-,17-,19+,21-,23?,37+/m1/s1. The largest absolute Gasteiger partial charge is 0.463 e. The van der Waals surface area contributed by atoms with E-state index in [9.17, 15) is 28.4 Å². The van der Waals surface area contributed by atoms with Crippen LogP contribution < -0.4 is 21.5 Å². The van der Waals surface area contributed by atoms with E-state index in [1.165, 1.54) is 6.92 Å². The number of alkyl halides is 1. The molecule has 0 saturated carbocycles. The molecule has 0 amide bonds. The van der Waals surface area contributed by atoms with Gasteiger partial charge in [-0.1, -0.05) is 25.1 Å². The zero-order valence-electron chi connectivity index (χ0n) is 20.6. The van der Waals surface area contributed by atoms with Crippen LogP contribution in [0.3, 0.4) is 0 Å². The number of aliphatic hydroxyl groups is 1. The topological polar surface area (TPSA) is 172 Å². The Morgan fingerprint density at radius 1 is 1.27 bits per heavy atom. The number of carbonyl (C=O) groups is 1. The number of hydrogen-bond acceptors (Lipinski definition) is 10. The van der Waals surface area contributed by atoms with Gasteiger partial charge in [-0.25, -0.2) is 13.8 Å². The van der Waals surface area contributed by atoms with Crippen molar-refractivity contribution in [3.63, 3.8) is 0 Å². The molecule has 2 heterocycles. The Balaban J connectivity index is 1.83. The third-order valence-electron chi connectivity index (χ3n) is 5.68. The number of nitrogens with two attached hydrogens (primary N) is 1. The molecule has 204 valence electrons. The number of carbonyl (C=O) groups excluding carboxylic acids is 1. The van der Waals surface area contributed by atoms with Crippen LogP contribution in [-0.4, -0.2) is 63.9 Å². The molecule has 12 nitrogen and oxygen atoms in total. The fourth-order valence-electron chi connectivity index (χ4n) is 3.77. The first kappa shape index (κ1) is 28.7. The summed E-state index contributed by atoms with van der Waals surface area (Å²) in [6.45, 7) is 2.98. The van der Waals surface area contributed by atoms with Crippen molar-refractivity contribution in [2.45, 2.75) is 50.8 Å². The number of ether oxygens (including phenoxy) is 2. The van der Waals surface area contributed by atoms with Gasteiger partial charge in [0.1, 0.15) is 30.2 Å². The van der Waals surface area contributed by atoms with Crippen LogP contribution in [0.2, 0.25) is 0 Å². The molecule has 0 spiro atoms. The van der Waals surface area contributed by atoms with Crippen LogP contribution in [0.5, 0.6) is 5.75 Å². The fourth-order valence-corrected chi connectivity index (χ4v) is 5.64. The SMILES string of the molecule is CC(C)OC(=O)[C@H](C)C[P@](=O)(OC[C@H]1O[C@@H](n2ccc(=O)[nH]c2=O)C(N)(CF)[C@H]1O)Oc1ccccc1. The summed E-state index contributed by atoms with van der Waals surface area (Å²) in [6, 6.07) is 9.12. The number of esters is 1. The molecule has 1 aliphatic heterocycles. The van der Waals surface area contributed by atoms with Crippen molar-refractivity contribution in [3.05, 3.63) is 63.4 Å². The Bertz CT molecular complexity index is 1240. The molecule has 0 radical (unpaired) electrons. The highest BCUT2D eigenvalue weighted by Gasteiger charge is 2.56. The Labute approximate surface area is 212 Å². The lowest BCUT2D eigenvalue weighted by Crippen LogP contribution is -2.57. The number of nitrogens with one attached hydrogen (secondary N) is 1. The van der Waals surface area contributed by atoms with Crippen LogP contribution in [0.15, 0.2) is 52.2 Å². The molecule has 1 aromatic heterocycles. The summed E-state index contributed by atoms with van der Waals surface area (Å²) in [7, 11) is -4.07. The molecule has 1 fully saturated rings. The van der Waals surface area contributed by atoms with Crippen LogP contribution >= 0.6 is 7.60 Å². The maximum atomic E-state index is 14.1. The normalized spacial score (nSPS) is 26.0. The van der Waals surface area contributed by atoms with Crippen molar-refractivity contribution in [3.8, 4) is 5.75 Å². The van der Waals surface area contributed by atoms with Gasteiger partial charge in [0.2, 0.25) is 0 Å². The minimum Gasteiger partial charge on any atom is -0.463 e. The molecule has 1 unspecified atom stereocenters. The van der Waals surface area contributed by atoms with E-state index in [-0.39, 0.29) is 18.0 Å². The Hall–Kier alpha value is -2.83. The quantitative estimate of drug-likeness (QED) is 0.277. The van der Waals surface area contributed by atoms with E-state index in [0.29, 0.717) is 0 Å². The number of aromatic nitrogens is 2. The van der Waals surface area contributed by atoms with Gasteiger partial charge in [0.15, 0.2) is 6.23 Å². The molecule has 2 aromatic rings. The number of nitrogens with zero attached hydrogens (tertiary/aromatic N) is 1. The number of hydrogen-bond donors (Lipinski definition) is 3. The molecule has 0 bridgehead atoms. The van der Waals surface area contributed by atoms with Crippen LogP contribution in [-0.2, 0) is 23.4 Å². The van der Waals surface area contributed by atoms with Crippen LogP contribution in [0, 0.1) is 5.92 Å². The molecule has 1 aromatic carbocycles. The predicted molar refractivity (Wildman–Crippen MR) is 130 cm³/mol. The van der Waals surface area contributed by atoms with Crippen LogP contribution in [0.25, 0.3) is 0 Å². The van der Waals surface area contributed by atoms with Gasteiger partial charge in [0.05, 0.1) is 24.8 Å². The average molecular weight is 543 g/mol. The molecule has 1 aliphatic rings. The van der Waals surface area contributed by atoms with Crippen molar-refractivity contribution in [2.24, 2.45) is 11.7 Å². The summed E-state index contributed by atoms with van der Waals surface area (Å²) in [5.74, 6) is -1.28. The number of para-hydroxylation sites is 1. The van der Waals surface area contributed by atoms with E-state index in [2.05, 4.69) is 0 Å². The highest BCUT2D eigenvalue weighted by Crippen LogP contribution is 2.51. The minimum absolute atomic E-state index is 0.206. The molecule has 6 atom stereocenters. The predicted octanol–water partition coefficient (Wildman–Crippen LogP) is 1.34. The average Bonchev–Trinajstić information content (AvgIpc) is 3.08. The highest BCUT2D eigenvalue weighted by molar-refractivity contribution is 7.54. The number of benzene rings is 1. The smallest absolute Gasteiger partial charge is 0.380 e. The lowest BCUT2D eigenvalue weighted by molar-refractivity contribution is -0.151. The van der Waals surface area contributed by atoms with Gasteiger partial charge < -0.3 is 24.8 Å². The van der Waals surface area contributed by atoms with E-state index < -0.39 is 68.0 Å². The van der Waals surface area contributed by atoms with Gasteiger partial charge >= 0.3 is 19.3 Å². The van der Waals surface area contributed by atoms with Crippen molar-refractivity contribution in [1.82, 2.24) is 9.55 Å². The van der Waals surface area contributed by atoms with E-state index >= 15 is 0 Å². The number of rotatable bonds is 11. The summed E-state index contributed by atoms with van der Waals surface area (Å²) in [6.07, 6.45) is -4.25.